The summed E-state index contributed by atoms with van der Waals surface area (Å²) in [7, 11) is 0. The Morgan fingerprint density at radius 3 is 2.57 bits per heavy atom. The van der Waals surface area contributed by atoms with Gasteiger partial charge in [-0.3, -0.25) is 10.1 Å². The molecule has 6 nitrogen and oxygen atoms in total. The third-order valence-corrected chi connectivity index (χ3v) is 3.29. The summed E-state index contributed by atoms with van der Waals surface area (Å²) < 4.78 is 10.5. The fourth-order valence-corrected chi connectivity index (χ4v) is 2.25. The fraction of sp³-hybridized carbons (Fsp3) is 0. The number of halogens is 1. The van der Waals surface area contributed by atoms with Crippen LogP contribution in [0.5, 0.6) is 5.75 Å². The molecule has 1 heterocycles. The van der Waals surface area contributed by atoms with E-state index in [1.807, 2.05) is 0 Å². The molecule has 23 heavy (non-hydrogen) atoms. The molecule has 0 saturated heterocycles. The molecule has 3 N–H and O–H groups in total. The van der Waals surface area contributed by atoms with E-state index in [2.05, 4.69) is 5.32 Å². The second-order valence-electron chi connectivity index (χ2n) is 4.64. The quantitative estimate of drug-likeness (QED) is 0.763. The highest BCUT2D eigenvalue weighted by Gasteiger charge is 2.21. The molecule has 0 aliphatic heterocycles. The third kappa shape index (κ3) is 3.12. The molecule has 3 aromatic rings. The van der Waals surface area contributed by atoms with E-state index in [1.54, 1.807) is 42.5 Å². The number of furan rings is 1. The van der Waals surface area contributed by atoms with E-state index >= 15 is 0 Å². The van der Waals surface area contributed by atoms with E-state index in [1.165, 1.54) is 6.07 Å². The molecule has 0 radical (unpaired) electrons. The number of ether oxygens (including phenoxy) is 1. The minimum absolute atomic E-state index is 0.144. The normalized spacial score (nSPS) is 10.5. The first-order chi connectivity index (χ1) is 11.0. The van der Waals surface area contributed by atoms with Gasteiger partial charge in [0.05, 0.1) is 0 Å². The van der Waals surface area contributed by atoms with Gasteiger partial charge in [0.25, 0.3) is 5.91 Å². The standard InChI is InChI=1S/C16H11ClN2O4/c17-9-6-7-11-12(8-9)23-14(15(18)20)13(11)19-16(21)22-10-4-2-1-3-5-10/h1-8H,(H2,18,20)(H,19,21). The van der Waals surface area contributed by atoms with Crippen LogP contribution in [-0.2, 0) is 0 Å². The lowest BCUT2D eigenvalue weighted by atomic mass is 10.2. The van der Waals surface area contributed by atoms with Gasteiger partial charge in [0.2, 0.25) is 5.76 Å². The molecular weight excluding hydrogens is 320 g/mol. The van der Waals surface area contributed by atoms with Crippen molar-refractivity contribution in [3.63, 3.8) is 0 Å². The van der Waals surface area contributed by atoms with Gasteiger partial charge in [-0.1, -0.05) is 29.8 Å². The summed E-state index contributed by atoms with van der Waals surface area (Å²) in [6.45, 7) is 0. The maximum Gasteiger partial charge on any atom is 0.417 e. The maximum absolute atomic E-state index is 12.0. The van der Waals surface area contributed by atoms with Crippen LogP contribution in [0.1, 0.15) is 10.6 Å². The van der Waals surface area contributed by atoms with E-state index < -0.39 is 12.0 Å². The number of hydrogen-bond acceptors (Lipinski definition) is 4. The first-order valence-corrected chi connectivity index (χ1v) is 6.98. The maximum atomic E-state index is 12.0. The van der Waals surface area contributed by atoms with Crippen molar-refractivity contribution in [2.45, 2.75) is 0 Å². The van der Waals surface area contributed by atoms with Crippen molar-refractivity contribution in [3.8, 4) is 5.75 Å². The molecule has 7 heteroatoms. The monoisotopic (exact) mass is 330 g/mol. The summed E-state index contributed by atoms with van der Waals surface area (Å²) in [6, 6.07) is 13.3. The Hall–Kier alpha value is -2.99. The van der Waals surface area contributed by atoms with Crippen LogP contribution in [0, 0.1) is 0 Å². The van der Waals surface area contributed by atoms with Gasteiger partial charge in [0.1, 0.15) is 17.0 Å². The molecule has 2 aromatic carbocycles. The minimum Gasteiger partial charge on any atom is -0.449 e. The molecule has 3 rings (SSSR count). The second kappa shape index (κ2) is 6.02. The predicted molar refractivity (Wildman–Crippen MR) is 85.8 cm³/mol. The van der Waals surface area contributed by atoms with Crippen LogP contribution in [-0.4, -0.2) is 12.0 Å². The molecule has 0 unspecified atom stereocenters. The van der Waals surface area contributed by atoms with E-state index in [9.17, 15) is 9.59 Å². The largest absolute Gasteiger partial charge is 0.449 e. The Labute approximate surface area is 135 Å². The summed E-state index contributed by atoms with van der Waals surface area (Å²) in [4.78, 5) is 23.5. The number of amides is 2. The molecule has 0 atom stereocenters. The van der Waals surface area contributed by atoms with E-state index in [4.69, 9.17) is 26.5 Å². The van der Waals surface area contributed by atoms with Crippen LogP contribution in [0.25, 0.3) is 11.0 Å². The Kier molecular flexibility index (Phi) is 3.91. The average Bonchev–Trinajstić information content (AvgIpc) is 2.86. The molecule has 2 amide bonds. The Morgan fingerprint density at radius 2 is 1.87 bits per heavy atom. The zero-order valence-electron chi connectivity index (χ0n) is 11.7. The fourth-order valence-electron chi connectivity index (χ4n) is 2.09. The number of carbonyl (C=O) groups is 2. The first kappa shape index (κ1) is 14.9. The van der Waals surface area contributed by atoms with Crippen molar-refractivity contribution in [1.82, 2.24) is 0 Å². The highest BCUT2D eigenvalue weighted by molar-refractivity contribution is 6.31. The lowest BCUT2D eigenvalue weighted by Crippen LogP contribution is -2.19. The van der Waals surface area contributed by atoms with Crippen LogP contribution in [0.3, 0.4) is 0 Å². The number of primary amides is 1. The van der Waals surface area contributed by atoms with Crippen molar-refractivity contribution in [3.05, 3.63) is 59.3 Å². The van der Waals surface area contributed by atoms with Gasteiger partial charge in [-0.05, 0) is 24.3 Å². The Balaban J connectivity index is 1.93. The molecule has 0 spiro atoms. The third-order valence-electron chi connectivity index (χ3n) is 3.06. The number of rotatable bonds is 3. The van der Waals surface area contributed by atoms with Crippen molar-refractivity contribution in [1.29, 1.82) is 0 Å². The van der Waals surface area contributed by atoms with Crippen molar-refractivity contribution < 1.29 is 18.7 Å². The average molecular weight is 331 g/mol. The number of benzene rings is 2. The Bertz CT molecular complexity index is 890. The van der Waals surface area contributed by atoms with Crippen LogP contribution < -0.4 is 15.8 Å². The second-order valence-corrected chi connectivity index (χ2v) is 5.07. The SMILES string of the molecule is NC(=O)c1oc2cc(Cl)ccc2c1NC(=O)Oc1ccccc1. The van der Waals surface area contributed by atoms with E-state index in [0.29, 0.717) is 21.7 Å². The zero-order chi connectivity index (χ0) is 16.4. The Morgan fingerprint density at radius 1 is 1.13 bits per heavy atom. The van der Waals surface area contributed by atoms with Gasteiger partial charge in [-0.15, -0.1) is 0 Å². The molecule has 0 aliphatic rings. The molecule has 116 valence electrons. The minimum atomic E-state index is -0.813. The van der Waals surface area contributed by atoms with Crippen LogP contribution in [0.2, 0.25) is 5.02 Å². The number of carbonyl (C=O) groups excluding carboxylic acids is 2. The molecule has 0 aliphatic carbocycles. The van der Waals surface area contributed by atoms with Gasteiger partial charge < -0.3 is 14.9 Å². The number of anilines is 1. The van der Waals surface area contributed by atoms with Crippen LogP contribution in [0.4, 0.5) is 10.5 Å². The predicted octanol–water partition coefficient (Wildman–Crippen LogP) is 3.80. The van der Waals surface area contributed by atoms with Gasteiger partial charge in [-0.25, -0.2) is 4.79 Å². The van der Waals surface area contributed by atoms with Crippen LogP contribution in [0.15, 0.2) is 52.9 Å². The summed E-state index contributed by atoms with van der Waals surface area (Å²) >= 11 is 5.88. The summed E-state index contributed by atoms with van der Waals surface area (Å²) in [5.74, 6) is -0.624. The topological polar surface area (TPSA) is 94.6 Å². The number of nitrogens with one attached hydrogen (secondary N) is 1. The van der Waals surface area contributed by atoms with Gasteiger partial charge >= 0.3 is 6.09 Å². The summed E-state index contributed by atoms with van der Waals surface area (Å²) in [6.07, 6.45) is -0.767. The van der Waals surface area contributed by atoms with Gasteiger partial charge in [0.15, 0.2) is 0 Å². The smallest absolute Gasteiger partial charge is 0.417 e. The highest BCUT2D eigenvalue weighted by atomic mass is 35.5. The molecule has 0 saturated carbocycles. The lowest BCUT2D eigenvalue weighted by Gasteiger charge is -2.06. The molecular formula is C16H11ClN2O4. The zero-order valence-corrected chi connectivity index (χ0v) is 12.5. The summed E-state index contributed by atoms with van der Waals surface area (Å²) in [5.41, 5.74) is 5.77. The number of fused-ring (bicyclic) bond motifs is 1. The number of nitrogens with two attached hydrogens (primary N) is 1. The molecule has 0 fully saturated rings. The van der Waals surface area contributed by atoms with Crippen molar-refractivity contribution >= 4 is 40.3 Å². The summed E-state index contributed by atoms with van der Waals surface area (Å²) in [5, 5.41) is 3.41. The van der Waals surface area contributed by atoms with Gasteiger partial charge in [0, 0.05) is 16.5 Å². The lowest BCUT2D eigenvalue weighted by molar-refractivity contribution is 0.0977. The van der Waals surface area contributed by atoms with Crippen molar-refractivity contribution in [2.75, 3.05) is 5.32 Å². The van der Waals surface area contributed by atoms with Crippen LogP contribution >= 0.6 is 11.6 Å². The molecule has 1 aromatic heterocycles. The molecule has 0 bridgehead atoms. The number of para-hydroxylation sites is 1. The number of hydrogen-bond donors (Lipinski definition) is 2. The van der Waals surface area contributed by atoms with Gasteiger partial charge in [-0.2, -0.15) is 0 Å². The van der Waals surface area contributed by atoms with E-state index in [0.717, 1.165) is 0 Å². The van der Waals surface area contributed by atoms with E-state index in [-0.39, 0.29) is 11.4 Å². The highest BCUT2D eigenvalue weighted by Crippen LogP contribution is 2.32. The first-order valence-electron chi connectivity index (χ1n) is 6.60. The van der Waals surface area contributed by atoms with Crippen molar-refractivity contribution in [2.24, 2.45) is 5.73 Å².